The van der Waals surface area contributed by atoms with E-state index >= 15 is 0 Å². The molecular weight excluding hydrogens is 402 g/mol. The monoisotopic (exact) mass is 419 g/mol. The summed E-state index contributed by atoms with van der Waals surface area (Å²) in [6.45, 7) is 1.97. The smallest absolute Gasteiger partial charge is 0.265 e. The van der Waals surface area contributed by atoms with E-state index in [1.807, 2.05) is 48.0 Å². The zero-order chi connectivity index (χ0) is 20.2. The number of benzene rings is 2. The van der Waals surface area contributed by atoms with Gasteiger partial charge in [0.15, 0.2) is 0 Å². The molecule has 0 saturated heterocycles. The number of carbonyl (C=O) groups is 2. The molecule has 0 atom stereocenters. The Morgan fingerprint density at radius 1 is 0.862 bits per heavy atom. The number of aryl methyl sites for hydroxylation is 1. The Hall–Kier alpha value is -3.29. The summed E-state index contributed by atoms with van der Waals surface area (Å²) in [5, 5.41) is 10.6. The van der Waals surface area contributed by atoms with Crippen LogP contribution < -0.4 is 10.6 Å². The van der Waals surface area contributed by atoms with E-state index in [1.54, 1.807) is 41.7 Å². The number of anilines is 2. The van der Waals surface area contributed by atoms with Crippen molar-refractivity contribution in [2.75, 3.05) is 10.6 Å². The number of amides is 2. The first-order valence-corrected chi connectivity index (χ1v) is 10.6. The second-order valence-corrected chi connectivity index (χ2v) is 8.27. The van der Waals surface area contributed by atoms with Gasteiger partial charge in [-0.3, -0.25) is 9.59 Å². The molecule has 0 spiro atoms. The van der Waals surface area contributed by atoms with Crippen molar-refractivity contribution in [3.8, 4) is 11.3 Å². The van der Waals surface area contributed by atoms with Crippen LogP contribution in [0.15, 0.2) is 71.4 Å². The highest BCUT2D eigenvalue weighted by Crippen LogP contribution is 2.24. The number of thiazole rings is 1. The van der Waals surface area contributed by atoms with Crippen LogP contribution in [0, 0.1) is 6.92 Å². The van der Waals surface area contributed by atoms with Crippen molar-refractivity contribution < 1.29 is 9.59 Å². The predicted octanol–water partition coefficient (Wildman–Crippen LogP) is 5.68. The van der Waals surface area contributed by atoms with Gasteiger partial charge in [-0.1, -0.05) is 30.3 Å². The summed E-state index contributed by atoms with van der Waals surface area (Å²) in [5.41, 5.74) is 3.46. The molecule has 0 saturated carbocycles. The SMILES string of the molecule is Cc1nc(-c2ccc(NC(=O)c3ccccc3NC(=O)c3cccs3)cc2)cs1. The van der Waals surface area contributed by atoms with E-state index in [4.69, 9.17) is 0 Å². The van der Waals surface area contributed by atoms with Crippen LogP contribution in [0.2, 0.25) is 0 Å². The highest BCUT2D eigenvalue weighted by Gasteiger charge is 2.15. The number of hydrogen-bond donors (Lipinski definition) is 2. The van der Waals surface area contributed by atoms with Gasteiger partial charge in [-0.15, -0.1) is 22.7 Å². The number of nitrogens with zero attached hydrogens (tertiary/aromatic N) is 1. The molecule has 29 heavy (non-hydrogen) atoms. The van der Waals surface area contributed by atoms with Crippen molar-refractivity contribution >= 4 is 45.9 Å². The van der Waals surface area contributed by atoms with Gasteiger partial charge in [-0.2, -0.15) is 0 Å². The van der Waals surface area contributed by atoms with Crippen molar-refractivity contribution in [1.82, 2.24) is 4.98 Å². The average Bonchev–Trinajstić information content (AvgIpc) is 3.41. The molecule has 0 unspecified atom stereocenters. The maximum absolute atomic E-state index is 12.8. The molecule has 0 bridgehead atoms. The summed E-state index contributed by atoms with van der Waals surface area (Å²) in [6.07, 6.45) is 0. The minimum atomic E-state index is -0.288. The number of hydrogen-bond acceptors (Lipinski definition) is 5. The van der Waals surface area contributed by atoms with Crippen molar-refractivity contribution in [1.29, 1.82) is 0 Å². The van der Waals surface area contributed by atoms with E-state index in [2.05, 4.69) is 15.6 Å². The van der Waals surface area contributed by atoms with Gasteiger partial charge in [0.25, 0.3) is 11.8 Å². The lowest BCUT2D eigenvalue weighted by atomic mass is 10.1. The van der Waals surface area contributed by atoms with Crippen LogP contribution in [0.4, 0.5) is 11.4 Å². The van der Waals surface area contributed by atoms with Gasteiger partial charge >= 0.3 is 0 Å². The van der Waals surface area contributed by atoms with Crippen molar-refractivity contribution in [3.05, 3.63) is 86.9 Å². The van der Waals surface area contributed by atoms with E-state index in [0.29, 0.717) is 21.8 Å². The fourth-order valence-corrected chi connectivity index (χ4v) is 4.04. The Morgan fingerprint density at radius 3 is 2.34 bits per heavy atom. The van der Waals surface area contributed by atoms with E-state index in [1.165, 1.54) is 11.3 Å². The molecule has 0 radical (unpaired) electrons. The lowest BCUT2D eigenvalue weighted by Crippen LogP contribution is -2.17. The van der Waals surface area contributed by atoms with Crippen molar-refractivity contribution in [2.45, 2.75) is 6.92 Å². The van der Waals surface area contributed by atoms with Gasteiger partial charge < -0.3 is 10.6 Å². The third-order valence-electron chi connectivity index (χ3n) is 4.22. The zero-order valence-corrected chi connectivity index (χ0v) is 17.1. The molecule has 0 fully saturated rings. The molecular formula is C22H17N3O2S2. The Bertz CT molecular complexity index is 1150. The number of nitrogens with one attached hydrogen (secondary N) is 2. The first-order chi connectivity index (χ1) is 14.1. The molecule has 0 aliphatic carbocycles. The van der Waals surface area contributed by atoms with Gasteiger partial charge in [0, 0.05) is 16.6 Å². The topological polar surface area (TPSA) is 71.1 Å². The predicted molar refractivity (Wildman–Crippen MR) is 119 cm³/mol. The Morgan fingerprint density at radius 2 is 1.66 bits per heavy atom. The second-order valence-electron chi connectivity index (χ2n) is 6.26. The van der Waals surface area contributed by atoms with E-state index in [9.17, 15) is 9.59 Å². The summed E-state index contributed by atoms with van der Waals surface area (Å²) < 4.78 is 0. The molecule has 2 aromatic heterocycles. The molecule has 7 heteroatoms. The Balaban J connectivity index is 1.49. The first kappa shape index (κ1) is 19.0. The molecule has 0 aliphatic rings. The van der Waals surface area contributed by atoms with Crippen LogP contribution in [-0.4, -0.2) is 16.8 Å². The zero-order valence-electron chi connectivity index (χ0n) is 15.5. The number of para-hydroxylation sites is 1. The largest absolute Gasteiger partial charge is 0.322 e. The Kier molecular flexibility index (Phi) is 5.50. The Labute approximate surface area is 176 Å². The van der Waals surface area contributed by atoms with Crippen LogP contribution >= 0.6 is 22.7 Å². The lowest BCUT2D eigenvalue weighted by molar-refractivity contribution is 0.102. The third-order valence-corrected chi connectivity index (χ3v) is 5.86. The number of rotatable bonds is 5. The number of carbonyl (C=O) groups excluding carboxylic acids is 2. The van der Waals surface area contributed by atoms with Crippen molar-refractivity contribution in [3.63, 3.8) is 0 Å². The van der Waals surface area contributed by atoms with E-state index in [-0.39, 0.29) is 11.8 Å². The van der Waals surface area contributed by atoms with Crippen molar-refractivity contribution in [2.24, 2.45) is 0 Å². The first-order valence-electron chi connectivity index (χ1n) is 8.88. The minimum Gasteiger partial charge on any atom is -0.322 e. The number of thiophene rings is 1. The maximum Gasteiger partial charge on any atom is 0.265 e. The van der Waals surface area contributed by atoms with E-state index in [0.717, 1.165) is 16.3 Å². The second kappa shape index (κ2) is 8.38. The summed E-state index contributed by atoms with van der Waals surface area (Å²) >= 11 is 2.95. The summed E-state index contributed by atoms with van der Waals surface area (Å²) in [4.78, 5) is 30.2. The minimum absolute atomic E-state index is 0.233. The van der Waals surface area contributed by atoms with Gasteiger partial charge in [-0.25, -0.2) is 4.98 Å². The summed E-state index contributed by atoms with van der Waals surface area (Å²) in [7, 11) is 0. The van der Waals surface area contributed by atoms with Crippen LogP contribution in [0.5, 0.6) is 0 Å². The standard InChI is InChI=1S/C22H17N3O2S2/c1-14-23-19(13-29-14)15-8-10-16(11-9-15)24-21(26)17-5-2-3-6-18(17)25-22(27)20-7-4-12-28-20/h2-13H,1H3,(H,24,26)(H,25,27). The maximum atomic E-state index is 12.8. The van der Waals surface area contributed by atoms with Crippen LogP contribution in [0.25, 0.3) is 11.3 Å². The third kappa shape index (κ3) is 4.42. The molecule has 4 rings (SSSR count). The molecule has 0 aliphatic heterocycles. The molecule has 2 amide bonds. The molecule has 2 N–H and O–H groups in total. The summed E-state index contributed by atoms with van der Waals surface area (Å²) in [5.74, 6) is -0.521. The number of aromatic nitrogens is 1. The lowest BCUT2D eigenvalue weighted by Gasteiger charge is -2.11. The van der Waals surface area contributed by atoms with Gasteiger partial charge in [0.2, 0.25) is 0 Å². The molecule has 4 aromatic rings. The van der Waals surface area contributed by atoms with Crippen LogP contribution in [-0.2, 0) is 0 Å². The molecule has 2 heterocycles. The van der Waals surface area contributed by atoms with Gasteiger partial charge in [-0.05, 0) is 42.6 Å². The fraction of sp³-hybridized carbons (Fsp3) is 0.0455. The van der Waals surface area contributed by atoms with Crippen LogP contribution in [0.3, 0.4) is 0 Å². The van der Waals surface area contributed by atoms with Gasteiger partial charge in [0.05, 0.1) is 26.8 Å². The summed E-state index contributed by atoms with van der Waals surface area (Å²) in [6, 6.07) is 18.0. The van der Waals surface area contributed by atoms with Gasteiger partial charge in [0.1, 0.15) is 0 Å². The quantitative estimate of drug-likeness (QED) is 0.437. The molecule has 2 aromatic carbocycles. The molecule has 144 valence electrons. The van der Waals surface area contributed by atoms with E-state index < -0.39 is 0 Å². The normalized spacial score (nSPS) is 10.5. The average molecular weight is 420 g/mol. The highest BCUT2D eigenvalue weighted by molar-refractivity contribution is 7.12. The molecule has 5 nitrogen and oxygen atoms in total. The fourth-order valence-electron chi connectivity index (χ4n) is 2.80. The van der Waals surface area contributed by atoms with Crippen LogP contribution in [0.1, 0.15) is 25.0 Å². The highest BCUT2D eigenvalue weighted by atomic mass is 32.1.